The molecule has 0 heterocycles. The number of anilines is 1. The summed E-state index contributed by atoms with van der Waals surface area (Å²) < 4.78 is 28.7. The van der Waals surface area contributed by atoms with Crippen molar-refractivity contribution in [1.82, 2.24) is 4.90 Å². The van der Waals surface area contributed by atoms with Crippen molar-refractivity contribution in [3.8, 4) is 0 Å². The molecule has 0 saturated heterocycles. The Morgan fingerprint density at radius 1 is 1.23 bits per heavy atom. The maximum Gasteiger partial charge on any atom is 0.261 e. The van der Waals surface area contributed by atoms with Crippen LogP contribution in [0.3, 0.4) is 0 Å². The van der Waals surface area contributed by atoms with E-state index < -0.39 is 16.1 Å². The predicted octanol–water partition coefficient (Wildman–Crippen LogP) is 5.09. The third-order valence-electron chi connectivity index (χ3n) is 4.92. The summed E-state index contributed by atoms with van der Waals surface area (Å²) in [5.74, 6) is 0.165. The maximum absolute atomic E-state index is 13.0. The first kappa shape index (κ1) is 24.9. The highest BCUT2D eigenvalue weighted by Crippen LogP contribution is 2.32. The van der Waals surface area contributed by atoms with Gasteiger partial charge in [0.05, 0.1) is 29.1 Å². The van der Waals surface area contributed by atoms with Crippen molar-refractivity contribution in [2.75, 3.05) is 11.3 Å². The van der Waals surface area contributed by atoms with E-state index in [0.29, 0.717) is 16.3 Å². The summed E-state index contributed by atoms with van der Waals surface area (Å²) in [6, 6.07) is 11.1. The number of rotatable bonds is 7. The lowest BCUT2D eigenvalue weighted by Gasteiger charge is -2.31. The summed E-state index contributed by atoms with van der Waals surface area (Å²) >= 11 is 6.17. The zero-order chi connectivity index (χ0) is 23.6. The molecule has 0 unspecified atom stereocenters. The Labute approximate surface area is 190 Å². The molecule has 0 aliphatic rings. The second-order valence-electron chi connectivity index (χ2n) is 8.50. The van der Waals surface area contributed by atoms with Gasteiger partial charge in [-0.1, -0.05) is 51.1 Å². The lowest BCUT2D eigenvalue weighted by atomic mass is 9.87. The lowest BCUT2D eigenvalue weighted by molar-refractivity contribution is 0.223. The molecule has 0 spiro atoms. The van der Waals surface area contributed by atoms with Crippen molar-refractivity contribution in [2.24, 2.45) is 0 Å². The van der Waals surface area contributed by atoms with Gasteiger partial charge in [0.2, 0.25) is 0 Å². The molecular weight excluding hydrogens is 434 g/mol. The molecule has 2 aromatic rings. The van der Waals surface area contributed by atoms with Gasteiger partial charge in [-0.3, -0.25) is 10.1 Å². The Kier molecular flexibility index (Phi) is 7.57. The third-order valence-corrected chi connectivity index (χ3v) is 6.54. The minimum atomic E-state index is -3.87. The van der Waals surface area contributed by atoms with Gasteiger partial charge in [-0.2, -0.15) is 0 Å². The SMILES string of the molecule is C=C(c1cc(Cl)ccc1NS(=O)(=O)c1ccc(C(C)(C)C)cc1)N(C(C)=N)[C@@H](C)CO. The quantitative estimate of drug-likeness (QED) is 0.394. The van der Waals surface area contributed by atoms with Crippen molar-refractivity contribution >= 4 is 38.8 Å². The van der Waals surface area contributed by atoms with Crippen molar-refractivity contribution in [3.05, 3.63) is 65.2 Å². The normalized spacial score (nSPS) is 12.9. The van der Waals surface area contributed by atoms with Gasteiger partial charge in [0.25, 0.3) is 10.0 Å². The average molecular weight is 464 g/mol. The van der Waals surface area contributed by atoms with E-state index in [9.17, 15) is 13.5 Å². The molecule has 0 saturated carbocycles. The van der Waals surface area contributed by atoms with Gasteiger partial charge in [-0.05, 0) is 55.2 Å². The number of nitrogens with one attached hydrogen (secondary N) is 2. The first-order valence-electron chi connectivity index (χ1n) is 9.85. The monoisotopic (exact) mass is 463 g/mol. The first-order chi connectivity index (χ1) is 14.3. The van der Waals surface area contributed by atoms with Gasteiger partial charge in [0, 0.05) is 16.3 Å². The van der Waals surface area contributed by atoms with Gasteiger partial charge in [-0.25, -0.2) is 8.42 Å². The molecule has 6 nitrogen and oxygen atoms in total. The van der Waals surface area contributed by atoms with Gasteiger partial charge in [-0.15, -0.1) is 0 Å². The summed E-state index contributed by atoms with van der Waals surface area (Å²) in [5, 5.41) is 18.0. The van der Waals surface area contributed by atoms with Gasteiger partial charge in [0.15, 0.2) is 0 Å². The van der Waals surface area contributed by atoms with Crippen LogP contribution in [0.15, 0.2) is 53.9 Å². The Balaban J connectivity index is 2.46. The van der Waals surface area contributed by atoms with Gasteiger partial charge < -0.3 is 10.0 Å². The van der Waals surface area contributed by atoms with Crippen LogP contribution in [0.1, 0.15) is 45.7 Å². The van der Waals surface area contributed by atoms with Crippen LogP contribution in [0.2, 0.25) is 5.02 Å². The van der Waals surface area contributed by atoms with Crippen LogP contribution in [0.25, 0.3) is 5.70 Å². The molecule has 0 aromatic heterocycles. The first-order valence-corrected chi connectivity index (χ1v) is 11.7. The minimum Gasteiger partial charge on any atom is -0.394 e. The van der Waals surface area contributed by atoms with E-state index in [4.69, 9.17) is 17.0 Å². The third kappa shape index (κ3) is 5.87. The zero-order valence-corrected chi connectivity index (χ0v) is 20.1. The van der Waals surface area contributed by atoms with Crippen LogP contribution in [0.4, 0.5) is 5.69 Å². The number of nitrogens with zero attached hydrogens (tertiary/aromatic N) is 1. The minimum absolute atomic E-state index is 0.0890. The van der Waals surface area contributed by atoms with Crippen molar-refractivity contribution in [3.63, 3.8) is 0 Å². The Bertz CT molecular complexity index is 1070. The molecule has 8 heteroatoms. The van der Waals surface area contributed by atoms with Crippen molar-refractivity contribution < 1.29 is 13.5 Å². The number of sulfonamides is 1. The molecule has 2 aromatic carbocycles. The number of hydrogen-bond acceptors (Lipinski definition) is 4. The molecule has 168 valence electrons. The summed E-state index contributed by atoms with van der Waals surface area (Å²) in [4.78, 5) is 1.66. The number of hydrogen-bond donors (Lipinski definition) is 3. The topological polar surface area (TPSA) is 93.5 Å². The Hall–Kier alpha value is -2.35. The zero-order valence-electron chi connectivity index (χ0n) is 18.5. The van der Waals surface area contributed by atoms with Crippen LogP contribution >= 0.6 is 11.6 Å². The molecule has 31 heavy (non-hydrogen) atoms. The van der Waals surface area contributed by atoms with E-state index in [0.717, 1.165) is 5.56 Å². The van der Waals surface area contributed by atoms with E-state index in [1.165, 1.54) is 4.90 Å². The molecule has 0 fully saturated rings. The molecule has 3 N–H and O–H groups in total. The van der Waals surface area contributed by atoms with E-state index in [1.807, 2.05) is 0 Å². The van der Waals surface area contributed by atoms with Crippen LogP contribution in [0, 0.1) is 5.41 Å². The second kappa shape index (κ2) is 9.42. The highest BCUT2D eigenvalue weighted by Gasteiger charge is 2.23. The highest BCUT2D eigenvalue weighted by atomic mass is 35.5. The van der Waals surface area contributed by atoms with Gasteiger partial charge in [0.1, 0.15) is 0 Å². The highest BCUT2D eigenvalue weighted by molar-refractivity contribution is 7.92. The predicted molar refractivity (Wildman–Crippen MR) is 128 cm³/mol. The van der Waals surface area contributed by atoms with E-state index >= 15 is 0 Å². The van der Waals surface area contributed by atoms with Crippen LogP contribution in [-0.4, -0.2) is 36.9 Å². The van der Waals surface area contributed by atoms with Crippen LogP contribution < -0.4 is 4.72 Å². The van der Waals surface area contributed by atoms with Crippen LogP contribution in [0.5, 0.6) is 0 Å². The van der Waals surface area contributed by atoms with Gasteiger partial charge >= 0.3 is 0 Å². The number of amidine groups is 1. The fourth-order valence-electron chi connectivity index (χ4n) is 3.19. The van der Waals surface area contributed by atoms with Crippen molar-refractivity contribution in [1.29, 1.82) is 5.41 Å². The number of aliphatic hydroxyl groups is 1. The molecule has 0 bridgehead atoms. The fourth-order valence-corrected chi connectivity index (χ4v) is 4.44. The number of aliphatic hydroxyl groups excluding tert-OH is 1. The molecule has 0 radical (unpaired) electrons. The largest absolute Gasteiger partial charge is 0.394 e. The summed E-state index contributed by atoms with van der Waals surface area (Å²) in [7, 11) is -3.87. The number of benzene rings is 2. The standard InChI is InChI=1S/C23H30ClN3O3S/c1-15(14-28)27(17(3)25)16(2)21-13-19(24)9-12-22(21)26-31(29,30)20-10-7-18(8-11-20)23(4,5)6/h7-13,15,25-26,28H,2,14H2,1,3-6H3/t15-/m0/s1. The molecule has 1 atom stereocenters. The number of halogens is 1. The van der Waals surface area contributed by atoms with E-state index in [-0.39, 0.29) is 28.4 Å². The second-order valence-corrected chi connectivity index (χ2v) is 10.6. The molecule has 0 aliphatic carbocycles. The van der Waals surface area contributed by atoms with Crippen molar-refractivity contribution in [2.45, 2.75) is 51.0 Å². The molecular formula is C23H30ClN3O3S. The molecule has 2 rings (SSSR count). The summed E-state index contributed by atoms with van der Waals surface area (Å²) in [6.07, 6.45) is 0. The Morgan fingerprint density at radius 2 is 1.81 bits per heavy atom. The molecule has 0 aliphatic heterocycles. The molecule has 0 amide bonds. The van der Waals surface area contributed by atoms with E-state index in [2.05, 4.69) is 32.1 Å². The Morgan fingerprint density at radius 3 is 2.29 bits per heavy atom. The maximum atomic E-state index is 13.0. The van der Waals surface area contributed by atoms with E-state index in [1.54, 1.807) is 56.3 Å². The van der Waals surface area contributed by atoms with Crippen LogP contribution in [-0.2, 0) is 15.4 Å². The summed E-state index contributed by atoms with van der Waals surface area (Å²) in [6.45, 7) is 13.3. The average Bonchev–Trinajstić information content (AvgIpc) is 2.68. The fraction of sp³-hybridized carbons (Fsp3) is 0.348. The summed E-state index contributed by atoms with van der Waals surface area (Å²) in [5.41, 5.74) is 2.01. The lowest BCUT2D eigenvalue weighted by Crippen LogP contribution is -2.37. The smallest absolute Gasteiger partial charge is 0.261 e.